The van der Waals surface area contributed by atoms with Gasteiger partial charge < -0.3 is 19.7 Å². The number of nitrogens with one attached hydrogen (secondary N) is 1. The summed E-state index contributed by atoms with van der Waals surface area (Å²) >= 11 is 0. The van der Waals surface area contributed by atoms with Crippen molar-refractivity contribution in [3.8, 4) is 11.5 Å². The molecule has 0 aliphatic carbocycles. The smallest absolute Gasteiger partial charge is 0.318 e. The number of urea groups is 1. The van der Waals surface area contributed by atoms with Gasteiger partial charge in [0.05, 0.1) is 20.3 Å². The zero-order valence-electron chi connectivity index (χ0n) is 21.2. The lowest BCUT2D eigenvalue weighted by atomic mass is 9.89. The summed E-state index contributed by atoms with van der Waals surface area (Å²) in [5.41, 5.74) is 4.88. The van der Waals surface area contributed by atoms with Crippen molar-refractivity contribution in [2.75, 3.05) is 33.9 Å². The van der Waals surface area contributed by atoms with Gasteiger partial charge in [-0.15, -0.1) is 0 Å². The molecule has 2 aliphatic heterocycles. The number of amides is 2. The summed E-state index contributed by atoms with van der Waals surface area (Å²) in [4.78, 5) is 18.1. The van der Waals surface area contributed by atoms with Gasteiger partial charge in [-0.25, -0.2) is 4.79 Å². The number of hydrogen-bond donors (Lipinski definition) is 1. The predicted molar refractivity (Wildman–Crippen MR) is 142 cm³/mol. The molecule has 0 saturated carbocycles. The van der Waals surface area contributed by atoms with Gasteiger partial charge >= 0.3 is 6.03 Å². The largest absolute Gasteiger partial charge is 0.497 e. The van der Waals surface area contributed by atoms with E-state index in [1.54, 1.807) is 14.2 Å². The second-order valence-electron chi connectivity index (χ2n) is 9.63. The number of ether oxygens (including phenoxy) is 2. The van der Waals surface area contributed by atoms with Crippen molar-refractivity contribution < 1.29 is 14.3 Å². The minimum absolute atomic E-state index is 0.0364. The highest BCUT2D eigenvalue weighted by Gasteiger charge is 2.36. The van der Waals surface area contributed by atoms with Gasteiger partial charge in [0, 0.05) is 38.3 Å². The summed E-state index contributed by atoms with van der Waals surface area (Å²) in [5, 5.41) is 3.19. The van der Waals surface area contributed by atoms with E-state index in [-0.39, 0.29) is 18.1 Å². The number of hydrogen-bond acceptors (Lipinski definition) is 4. The maximum atomic E-state index is 13.5. The Hall–Kier alpha value is -3.51. The van der Waals surface area contributed by atoms with Crippen molar-refractivity contribution in [2.24, 2.45) is 0 Å². The van der Waals surface area contributed by atoms with Crippen LogP contribution in [0.2, 0.25) is 0 Å². The maximum Gasteiger partial charge on any atom is 0.318 e. The Morgan fingerprint density at radius 3 is 2.25 bits per heavy atom. The summed E-state index contributed by atoms with van der Waals surface area (Å²) in [6, 6.07) is 25.2. The van der Waals surface area contributed by atoms with Gasteiger partial charge in [-0.1, -0.05) is 54.6 Å². The summed E-state index contributed by atoms with van der Waals surface area (Å²) in [6.07, 6.45) is 2.71. The molecule has 0 bridgehead atoms. The lowest BCUT2D eigenvalue weighted by molar-refractivity contribution is 0.0997. The van der Waals surface area contributed by atoms with Crippen LogP contribution in [-0.2, 0) is 13.0 Å². The van der Waals surface area contributed by atoms with E-state index < -0.39 is 0 Å². The first-order valence-electron chi connectivity index (χ1n) is 12.8. The third-order valence-electron chi connectivity index (χ3n) is 7.42. The van der Waals surface area contributed by atoms with E-state index in [0.29, 0.717) is 6.54 Å². The molecule has 2 heterocycles. The summed E-state index contributed by atoms with van der Waals surface area (Å²) in [6.45, 7) is 3.34. The summed E-state index contributed by atoms with van der Waals surface area (Å²) in [7, 11) is 3.36. The van der Waals surface area contributed by atoms with E-state index in [4.69, 9.17) is 9.47 Å². The minimum Gasteiger partial charge on any atom is -0.497 e. The molecule has 0 radical (unpaired) electrons. The van der Waals surface area contributed by atoms with Gasteiger partial charge in [0.2, 0.25) is 0 Å². The normalized spacial score (nSPS) is 19.1. The number of benzene rings is 3. The van der Waals surface area contributed by atoms with Gasteiger partial charge in [-0.3, -0.25) is 4.90 Å². The number of likely N-dealkylation sites (tertiary alicyclic amines) is 1. The molecule has 36 heavy (non-hydrogen) atoms. The molecule has 6 heteroatoms. The van der Waals surface area contributed by atoms with Crippen LogP contribution in [0.5, 0.6) is 11.5 Å². The van der Waals surface area contributed by atoms with Crippen molar-refractivity contribution in [3.63, 3.8) is 0 Å². The third kappa shape index (κ3) is 5.19. The van der Waals surface area contributed by atoms with Crippen molar-refractivity contribution in [2.45, 2.75) is 37.9 Å². The van der Waals surface area contributed by atoms with Crippen LogP contribution in [0.1, 0.15) is 41.1 Å². The van der Waals surface area contributed by atoms with E-state index in [0.717, 1.165) is 56.0 Å². The second kappa shape index (κ2) is 11.0. The first-order chi connectivity index (χ1) is 17.7. The number of carbonyl (C=O) groups is 1. The standard InChI is InChI=1S/C30H35N3O3/c1-35-26-18-22(19-27(20-26)36-2)21-32-16-13-25(14-17-32)33-29(24-9-4-3-5-10-24)28-11-7-6-8-23(28)12-15-31-30(33)34/h3-11,18-20,25,29H,12-17,21H2,1-2H3,(H,31,34). The minimum atomic E-state index is -0.0955. The quantitative estimate of drug-likeness (QED) is 0.532. The first-order valence-corrected chi connectivity index (χ1v) is 12.8. The van der Waals surface area contributed by atoms with Crippen molar-refractivity contribution >= 4 is 6.03 Å². The molecule has 1 fully saturated rings. The Balaban J connectivity index is 1.38. The molecule has 188 valence electrons. The van der Waals surface area contributed by atoms with Gasteiger partial charge in [-0.2, -0.15) is 0 Å². The van der Waals surface area contributed by atoms with Gasteiger partial charge in [-0.05, 0) is 53.6 Å². The highest BCUT2D eigenvalue weighted by Crippen LogP contribution is 2.36. The van der Waals surface area contributed by atoms with E-state index in [1.807, 2.05) is 12.1 Å². The maximum absolute atomic E-state index is 13.5. The SMILES string of the molecule is COc1cc(CN2CCC(N3C(=O)NCCc4ccccc4C3c3ccccc3)CC2)cc(OC)c1. The second-order valence-corrected chi connectivity index (χ2v) is 9.63. The molecule has 1 unspecified atom stereocenters. The van der Waals surface area contributed by atoms with Crippen LogP contribution in [0, 0.1) is 0 Å². The van der Waals surface area contributed by atoms with Crippen LogP contribution in [-0.4, -0.2) is 55.7 Å². The molecule has 3 aromatic carbocycles. The molecule has 1 N–H and O–H groups in total. The molecule has 3 aromatic rings. The van der Waals surface area contributed by atoms with Gasteiger partial charge in [0.1, 0.15) is 11.5 Å². The lowest BCUT2D eigenvalue weighted by Crippen LogP contribution is -2.53. The first kappa shape index (κ1) is 24.2. The molecule has 2 amide bonds. The van der Waals surface area contributed by atoms with E-state index in [2.05, 4.69) is 75.8 Å². The fourth-order valence-corrected chi connectivity index (χ4v) is 5.61. The zero-order valence-corrected chi connectivity index (χ0v) is 21.2. The number of rotatable bonds is 6. The fraction of sp³-hybridized carbons (Fsp3) is 0.367. The average molecular weight is 486 g/mol. The van der Waals surface area contributed by atoms with Gasteiger partial charge in [0.25, 0.3) is 0 Å². The highest BCUT2D eigenvalue weighted by atomic mass is 16.5. The Bertz CT molecular complexity index is 1150. The van der Waals surface area contributed by atoms with Crippen LogP contribution < -0.4 is 14.8 Å². The van der Waals surface area contributed by atoms with Crippen molar-refractivity contribution in [1.29, 1.82) is 0 Å². The Morgan fingerprint density at radius 2 is 1.56 bits per heavy atom. The van der Waals surface area contributed by atoms with E-state index in [9.17, 15) is 4.79 Å². The average Bonchev–Trinajstić information content (AvgIpc) is 2.92. The number of methoxy groups -OCH3 is 2. The van der Waals surface area contributed by atoms with Crippen LogP contribution in [0.15, 0.2) is 72.8 Å². The number of carbonyl (C=O) groups excluding carboxylic acids is 1. The predicted octanol–water partition coefficient (Wildman–Crippen LogP) is 5.03. The zero-order chi connectivity index (χ0) is 24.9. The number of fused-ring (bicyclic) bond motifs is 1. The molecule has 0 aromatic heterocycles. The Morgan fingerprint density at radius 1 is 0.889 bits per heavy atom. The number of piperidine rings is 1. The van der Waals surface area contributed by atoms with Gasteiger partial charge in [0.15, 0.2) is 0 Å². The van der Waals surface area contributed by atoms with Crippen molar-refractivity contribution in [1.82, 2.24) is 15.1 Å². The third-order valence-corrected chi connectivity index (χ3v) is 7.42. The molecule has 1 atom stereocenters. The van der Waals surface area contributed by atoms with Crippen LogP contribution in [0.25, 0.3) is 0 Å². The summed E-state index contributed by atoms with van der Waals surface area (Å²) < 4.78 is 10.9. The molecular formula is C30H35N3O3. The van der Waals surface area contributed by atoms with Crippen molar-refractivity contribution in [3.05, 3.63) is 95.1 Å². The lowest BCUT2D eigenvalue weighted by Gasteiger charge is -2.44. The Labute approximate surface area is 213 Å². The molecule has 0 spiro atoms. The van der Waals surface area contributed by atoms with Crippen LogP contribution in [0.4, 0.5) is 4.79 Å². The highest BCUT2D eigenvalue weighted by molar-refractivity contribution is 5.76. The molecule has 2 aliphatic rings. The van der Waals surface area contributed by atoms with Crippen LogP contribution in [0.3, 0.4) is 0 Å². The topological polar surface area (TPSA) is 54.0 Å². The summed E-state index contributed by atoms with van der Waals surface area (Å²) in [5.74, 6) is 1.61. The van der Waals surface area contributed by atoms with E-state index >= 15 is 0 Å². The molecule has 5 rings (SSSR count). The van der Waals surface area contributed by atoms with Crippen LogP contribution >= 0.6 is 0 Å². The molecule has 6 nitrogen and oxygen atoms in total. The molecular weight excluding hydrogens is 450 g/mol. The monoisotopic (exact) mass is 485 g/mol. The number of nitrogens with zero attached hydrogens (tertiary/aromatic N) is 2. The fourth-order valence-electron chi connectivity index (χ4n) is 5.61. The van der Waals surface area contributed by atoms with E-state index in [1.165, 1.54) is 16.7 Å². The Kier molecular flexibility index (Phi) is 7.42. The molecule has 1 saturated heterocycles.